The average Bonchev–Trinajstić information content (AvgIpc) is 3.02. The first kappa shape index (κ1) is 34.4. The number of unbranched alkanes of at least 4 members (excludes halogenated alkanes) is 5. The van der Waals surface area contributed by atoms with Gasteiger partial charge in [-0.3, -0.25) is 0 Å². The second kappa shape index (κ2) is 20.1. The molecule has 0 amide bonds. The Labute approximate surface area is 250 Å². The number of benzene rings is 3. The van der Waals surface area contributed by atoms with Crippen molar-refractivity contribution in [3.63, 3.8) is 0 Å². The molecule has 0 aliphatic heterocycles. The molecule has 0 bridgehead atoms. The summed E-state index contributed by atoms with van der Waals surface area (Å²) >= 11 is 0. The lowest BCUT2D eigenvalue weighted by Gasteiger charge is -2.43. The third-order valence-corrected chi connectivity index (χ3v) is 14.1. The molecule has 2 heteroatoms. The molecule has 220 valence electrons. The molecule has 3 aromatic rings. The lowest BCUT2D eigenvalue weighted by molar-refractivity contribution is 0.814. The fraction of sp³-hybridized carbons (Fsp3) is 0.526. The van der Waals surface area contributed by atoms with Gasteiger partial charge in [-0.05, 0) is 25.7 Å². The van der Waals surface area contributed by atoms with E-state index < -0.39 is 13.4 Å². The van der Waals surface area contributed by atoms with Crippen LogP contribution in [0, 0.1) is 0 Å². The van der Waals surface area contributed by atoms with Gasteiger partial charge in [-0.2, -0.15) is 22.7 Å². The molecule has 40 heavy (non-hydrogen) atoms. The summed E-state index contributed by atoms with van der Waals surface area (Å²) in [5.74, 6) is 0. The van der Waals surface area contributed by atoms with Gasteiger partial charge in [0.2, 0.25) is 0 Å². The van der Waals surface area contributed by atoms with E-state index in [2.05, 4.69) is 126 Å². The Morgan fingerprint density at radius 1 is 0.400 bits per heavy atom. The van der Waals surface area contributed by atoms with Crippen molar-refractivity contribution in [1.82, 2.24) is 0 Å². The van der Waals surface area contributed by atoms with E-state index in [4.69, 9.17) is 0 Å². The fourth-order valence-corrected chi connectivity index (χ4v) is 11.9. The molecule has 0 fully saturated rings. The Hall–Kier alpha value is -1.85. The lowest BCUT2D eigenvalue weighted by atomic mass is 9.14. The summed E-state index contributed by atoms with van der Waals surface area (Å²) in [6, 6.07) is 33.2. The zero-order valence-electron chi connectivity index (χ0n) is 26.8. The molecule has 0 aliphatic carbocycles. The molecular weight excluding hydrogens is 498 g/mol. The topological polar surface area (TPSA) is 0 Å². The molecule has 0 aromatic heterocycles. The number of hydrogen-bond acceptors (Lipinski definition) is 0. The van der Waals surface area contributed by atoms with Gasteiger partial charge in [0, 0.05) is 7.26 Å². The Morgan fingerprint density at radius 2 is 0.675 bits per heavy atom. The largest absolute Gasteiger partial charge is 0.200 e. The predicted molar refractivity (Wildman–Crippen MR) is 190 cm³/mol. The van der Waals surface area contributed by atoms with Crippen molar-refractivity contribution in [3.05, 3.63) is 91.0 Å². The van der Waals surface area contributed by atoms with Crippen molar-refractivity contribution in [1.29, 1.82) is 0 Å². The van der Waals surface area contributed by atoms with Gasteiger partial charge >= 0.3 is 0 Å². The minimum absolute atomic E-state index is 0.562. The second-order valence-corrected chi connectivity index (χ2v) is 16.5. The summed E-state index contributed by atoms with van der Waals surface area (Å²) in [6.07, 6.45) is 20.7. The predicted octanol–water partition coefficient (Wildman–Crippen LogP) is 10.2. The maximum absolute atomic E-state index is 2.36. The molecule has 0 nitrogen and oxygen atoms in total. The van der Waals surface area contributed by atoms with E-state index in [9.17, 15) is 0 Å². The number of rotatable bonds is 18. The zero-order chi connectivity index (χ0) is 28.9. The quantitative estimate of drug-likeness (QED) is 0.108. The molecule has 0 unspecified atom stereocenters. The van der Waals surface area contributed by atoms with Crippen LogP contribution in [-0.4, -0.2) is 30.8 Å². The van der Waals surface area contributed by atoms with Crippen molar-refractivity contribution < 1.29 is 0 Å². The third-order valence-electron chi connectivity index (χ3n) is 9.04. The highest BCUT2D eigenvalue weighted by Gasteiger charge is 2.34. The minimum Gasteiger partial charge on any atom is -0.200 e. The smallest absolute Gasteiger partial charge is 0.0814 e. The summed E-state index contributed by atoms with van der Waals surface area (Å²) in [6.45, 7) is 11.7. The van der Waals surface area contributed by atoms with Gasteiger partial charge in [0.25, 0.3) is 0 Å². The highest BCUT2D eigenvalue weighted by atomic mass is 31.2. The van der Waals surface area contributed by atoms with Gasteiger partial charge in [0.05, 0.1) is 30.8 Å². The second-order valence-electron chi connectivity index (χ2n) is 12.1. The van der Waals surface area contributed by atoms with E-state index in [0.29, 0.717) is 0 Å². The van der Waals surface area contributed by atoms with Crippen LogP contribution in [0.1, 0.15) is 98.8 Å². The van der Waals surface area contributed by atoms with Crippen LogP contribution in [0.5, 0.6) is 0 Å². The maximum Gasteiger partial charge on any atom is 0.0814 e. The van der Waals surface area contributed by atoms with E-state index >= 15 is 0 Å². The lowest BCUT2D eigenvalue weighted by Crippen LogP contribution is -2.66. The van der Waals surface area contributed by atoms with Crippen molar-refractivity contribution in [2.45, 2.75) is 105 Å². The van der Waals surface area contributed by atoms with Crippen LogP contribution in [-0.2, 0) is 0 Å². The SMILES string of the molecule is CCCC[B-](c1ccccc1)(c1ccccc1)c1ccccc1.CCCC[P+](CCCC)(CCCC)CCCC. The Morgan fingerprint density at radius 3 is 0.925 bits per heavy atom. The molecular formula is C38H60BP. The molecule has 0 aliphatic rings. The fourth-order valence-electron chi connectivity index (χ4n) is 6.58. The molecule has 3 aromatic carbocycles. The van der Waals surface area contributed by atoms with E-state index in [1.807, 2.05) is 0 Å². The summed E-state index contributed by atoms with van der Waals surface area (Å²) in [7, 11) is -0.562. The molecule has 0 radical (unpaired) electrons. The van der Waals surface area contributed by atoms with Crippen LogP contribution >= 0.6 is 7.26 Å². The normalized spacial score (nSPS) is 11.6. The van der Waals surface area contributed by atoms with Gasteiger partial charge in [-0.25, -0.2) is 0 Å². The number of hydrogen-bond donors (Lipinski definition) is 0. The van der Waals surface area contributed by atoms with E-state index in [0.717, 1.165) is 0 Å². The van der Waals surface area contributed by atoms with Crippen molar-refractivity contribution in [2.24, 2.45) is 0 Å². The molecule has 0 saturated carbocycles. The Kier molecular flexibility index (Phi) is 17.3. The standard InChI is InChI=1S/C22H24B.C16H36P/c1-2-3-19-23(20-13-7-4-8-14-20,21-15-9-5-10-16-21)22-17-11-6-12-18-22;1-5-9-13-17(14-10-6-2,15-11-7-3)16-12-8-4/h4-18H,2-3,19H2,1H3;5-16H2,1-4H3/q-1;+1. The Bertz CT molecular complexity index is 852. The van der Waals surface area contributed by atoms with Crippen molar-refractivity contribution in [2.75, 3.05) is 24.6 Å². The first-order valence-corrected chi connectivity index (χ1v) is 19.3. The maximum atomic E-state index is 2.36. The third kappa shape index (κ3) is 10.5. The highest BCUT2D eigenvalue weighted by Crippen LogP contribution is 2.61. The van der Waals surface area contributed by atoms with Crippen molar-refractivity contribution in [3.8, 4) is 0 Å². The van der Waals surface area contributed by atoms with Crippen LogP contribution in [0.2, 0.25) is 6.32 Å². The molecule has 3 rings (SSSR count). The van der Waals surface area contributed by atoms with Gasteiger partial charge in [0.15, 0.2) is 0 Å². The van der Waals surface area contributed by atoms with E-state index in [-0.39, 0.29) is 0 Å². The summed E-state index contributed by atoms with van der Waals surface area (Å²) in [4.78, 5) is 0. The van der Waals surface area contributed by atoms with Gasteiger partial charge in [-0.1, -0.05) is 164 Å². The monoisotopic (exact) mass is 558 g/mol. The van der Waals surface area contributed by atoms with Crippen LogP contribution < -0.4 is 16.4 Å². The van der Waals surface area contributed by atoms with Crippen LogP contribution in [0.3, 0.4) is 0 Å². The first-order chi connectivity index (χ1) is 19.6. The molecule has 0 spiro atoms. The molecule has 0 atom stereocenters. The van der Waals surface area contributed by atoms with Crippen LogP contribution in [0.15, 0.2) is 91.0 Å². The van der Waals surface area contributed by atoms with Gasteiger partial charge < -0.3 is 0 Å². The molecule has 0 saturated heterocycles. The summed E-state index contributed by atoms with van der Waals surface area (Å²) < 4.78 is 0. The van der Waals surface area contributed by atoms with Crippen LogP contribution in [0.25, 0.3) is 0 Å². The van der Waals surface area contributed by atoms with E-state index in [1.54, 1.807) is 24.6 Å². The molecule has 0 heterocycles. The average molecular weight is 559 g/mol. The summed E-state index contributed by atoms with van der Waals surface area (Å²) in [5.41, 5.74) is 4.33. The van der Waals surface area contributed by atoms with Crippen molar-refractivity contribution >= 4 is 29.8 Å². The Balaban J connectivity index is 0.000000296. The minimum atomic E-state index is -0.913. The molecule has 0 N–H and O–H groups in total. The van der Waals surface area contributed by atoms with Gasteiger partial charge in [0.1, 0.15) is 0 Å². The van der Waals surface area contributed by atoms with E-state index in [1.165, 1.54) is 86.9 Å². The highest BCUT2D eigenvalue weighted by molar-refractivity contribution is 7.75. The van der Waals surface area contributed by atoms with Gasteiger partial charge in [-0.15, -0.1) is 0 Å². The summed E-state index contributed by atoms with van der Waals surface area (Å²) in [5, 5.41) is 0. The van der Waals surface area contributed by atoms with Crippen LogP contribution in [0.4, 0.5) is 0 Å². The first-order valence-electron chi connectivity index (χ1n) is 16.8. The zero-order valence-corrected chi connectivity index (χ0v) is 27.7.